The van der Waals surface area contributed by atoms with Gasteiger partial charge in [-0.2, -0.15) is 5.26 Å². The van der Waals surface area contributed by atoms with Crippen molar-refractivity contribution in [1.29, 1.82) is 5.26 Å². The van der Waals surface area contributed by atoms with Gasteiger partial charge in [0.15, 0.2) is 0 Å². The number of carbonyl (C=O) groups excluding carboxylic acids is 1. The van der Waals surface area contributed by atoms with E-state index in [1.54, 1.807) is 18.3 Å². The van der Waals surface area contributed by atoms with Crippen molar-refractivity contribution in [3.8, 4) is 6.07 Å². The van der Waals surface area contributed by atoms with Gasteiger partial charge in [-0.3, -0.25) is 9.78 Å². The van der Waals surface area contributed by atoms with Gasteiger partial charge in [-0.1, -0.05) is 92.5 Å². The van der Waals surface area contributed by atoms with Crippen LogP contribution in [0.15, 0.2) is 85.1 Å². The van der Waals surface area contributed by atoms with E-state index >= 15 is 0 Å². The van der Waals surface area contributed by atoms with Crippen LogP contribution in [0.3, 0.4) is 0 Å². The minimum Gasteiger partial charge on any atom is -0.351 e. The van der Waals surface area contributed by atoms with E-state index in [4.69, 9.17) is 23.2 Å². The van der Waals surface area contributed by atoms with Crippen LogP contribution in [0, 0.1) is 16.7 Å². The third kappa shape index (κ3) is 5.45. The molecule has 1 aromatic heterocycles. The molecular formula is C33H32Cl2N4O. The van der Waals surface area contributed by atoms with E-state index < -0.39 is 17.4 Å². The molecule has 1 aliphatic heterocycles. The van der Waals surface area contributed by atoms with Crippen LogP contribution in [-0.4, -0.2) is 23.0 Å². The number of carbonyl (C=O) groups is 1. The number of aromatic nitrogens is 1. The molecule has 1 fully saturated rings. The summed E-state index contributed by atoms with van der Waals surface area (Å²) in [5.74, 6) is -0.738. The van der Waals surface area contributed by atoms with Gasteiger partial charge in [0, 0.05) is 40.1 Å². The second kappa shape index (κ2) is 11.2. The van der Waals surface area contributed by atoms with Gasteiger partial charge in [0.2, 0.25) is 5.91 Å². The normalized spacial score (nSPS) is 22.6. The summed E-state index contributed by atoms with van der Waals surface area (Å²) < 4.78 is 0. The van der Waals surface area contributed by atoms with Gasteiger partial charge in [0.25, 0.3) is 0 Å². The van der Waals surface area contributed by atoms with E-state index in [2.05, 4.69) is 42.5 Å². The Morgan fingerprint density at radius 1 is 1.05 bits per heavy atom. The third-order valence-electron chi connectivity index (χ3n) is 7.71. The highest BCUT2D eigenvalue weighted by Gasteiger charge is 2.59. The van der Waals surface area contributed by atoms with E-state index in [9.17, 15) is 10.1 Å². The molecule has 3 aromatic carbocycles. The highest BCUT2D eigenvalue weighted by molar-refractivity contribution is 6.31. The summed E-state index contributed by atoms with van der Waals surface area (Å²) >= 11 is 13.0. The van der Waals surface area contributed by atoms with Gasteiger partial charge >= 0.3 is 0 Å². The predicted molar refractivity (Wildman–Crippen MR) is 161 cm³/mol. The van der Waals surface area contributed by atoms with E-state index in [1.165, 1.54) is 0 Å². The molecule has 204 valence electrons. The van der Waals surface area contributed by atoms with Crippen molar-refractivity contribution in [2.24, 2.45) is 5.41 Å². The number of nitriles is 1. The number of nitrogens with zero attached hydrogens (tertiary/aromatic N) is 2. The lowest BCUT2D eigenvalue weighted by atomic mass is 9.63. The average Bonchev–Trinajstić information content (AvgIpc) is 3.25. The molecule has 40 heavy (non-hydrogen) atoms. The van der Waals surface area contributed by atoms with Gasteiger partial charge in [-0.15, -0.1) is 0 Å². The fourth-order valence-corrected chi connectivity index (χ4v) is 6.35. The molecule has 4 unspecified atom stereocenters. The van der Waals surface area contributed by atoms with Gasteiger partial charge in [0.1, 0.15) is 5.41 Å². The van der Waals surface area contributed by atoms with Crippen molar-refractivity contribution in [2.75, 3.05) is 0 Å². The van der Waals surface area contributed by atoms with E-state index in [0.717, 1.165) is 27.6 Å². The Labute approximate surface area is 245 Å². The Balaban J connectivity index is 1.57. The van der Waals surface area contributed by atoms with Crippen molar-refractivity contribution >= 4 is 40.0 Å². The molecule has 1 amide bonds. The second-order valence-corrected chi connectivity index (χ2v) is 12.5. The average molecular weight is 572 g/mol. The SMILES string of the molecule is CC(C)(C)CC1NC(C(=O)NCc2cnc3ccccc3c2)C(c2ccccc2Cl)C1(C#N)c1ccc(Cl)cc1. The molecule has 0 spiro atoms. The largest absolute Gasteiger partial charge is 0.351 e. The summed E-state index contributed by atoms with van der Waals surface area (Å²) in [6.07, 6.45) is 2.45. The van der Waals surface area contributed by atoms with Crippen LogP contribution >= 0.6 is 23.2 Å². The monoisotopic (exact) mass is 570 g/mol. The number of hydrogen-bond donors (Lipinski definition) is 2. The van der Waals surface area contributed by atoms with Crippen molar-refractivity contribution in [3.63, 3.8) is 0 Å². The first-order chi connectivity index (χ1) is 19.1. The van der Waals surface area contributed by atoms with Crippen LogP contribution in [0.2, 0.25) is 10.0 Å². The maximum absolute atomic E-state index is 14.0. The van der Waals surface area contributed by atoms with Crippen molar-refractivity contribution in [3.05, 3.63) is 112 Å². The lowest BCUT2D eigenvalue weighted by Crippen LogP contribution is -2.45. The summed E-state index contributed by atoms with van der Waals surface area (Å²) in [5, 5.41) is 19.9. The van der Waals surface area contributed by atoms with Crippen LogP contribution < -0.4 is 10.6 Å². The van der Waals surface area contributed by atoms with Crippen LogP contribution in [-0.2, 0) is 16.8 Å². The number of halogens is 2. The second-order valence-electron chi connectivity index (χ2n) is 11.7. The molecule has 7 heteroatoms. The van der Waals surface area contributed by atoms with Gasteiger partial charge in [0.05, 0.1) is 17.6 Å². The zero-order valence-corrected chi connectivity index (χ0v) is 24.3. The van der Waals surface area contributed by atoms with E-state index in [-0.39, 0.29) is 17.4 Å². The molecular weight excluding hydrogens is 539 g/mol. The molecule has 5 rings (SSSR count). The summed E-state index contributed by atoms with van der Waals surface area (Å²) in [4.78, 5) is 18.5. The molecule has 5 nitrogen and oxygen atoms in total. The maximum Gasteiger partial charge on any atom is 0.238 e. The standard InChI is InChI=1S/C33H32Cl2N4O/c1-32(2,3)17-28-33(20-36,23-12-14-24(34)15-13-23)29(25-9-5-6-10-26(25)35)30(39-28)31(40)38-19-21-16-22-8-4-7-11-27(22)37-18-21/h4-16,18,28-30,39H,17,19H2,1-3H3,(H,38,40). The number of hydrogen-bond acceptors (Lipinski definition) is 4. The number of amides is 1. The first-order valence-electron chi connectivity index (χ1n) is 13.4. The molecule has 0 radical (unpaired) electrons. The Hall–Kier alpha value is -3.43. The molecule has 2 N–H and O–H groups in total. The first kappa shape index (κ1) is 28.1. The van der Waals surface area contributed by atoms with Crippen molar-refractivity contribution < 1.29 is 4.79 Å². The Bertz CT molecular complexity index is 1570. The van der Waals surface area contributed by atoms with Gasteiger partial charge < -0.3 is 10.6 Å². The molecule has 1 saturated heterocycles. The number of benzene rings is 3. The highest BCUT2D eigenvalue weighted by atomic mass is 35.5. The molecule has 1 aliphatic rings. The predicted octanol–water partition coefficient (Wildman–Crippen LogP) is 7.18. The third-order valence-corrected chi connectivity index (χ3v) is 8.31. The Morgan fingerprint density at radius 3 is 2.45 bits per heavy atom. The Morgan fingerprint density at radius 2 is 1.75 bits per heavy atom. The molecule has 4 aromatic rings. The summed E-state index contributed by atoms with van der Waals surface area (Å²) in [6, 6.07) is 26.5. The van der Waals surface area contributed by atoms with Gasteiger partial charge in [-0.05, 0) is 58.9 Å². The number of rotatable bonds is 6. The quantitative estimate of drug-likeness (QED) is 0.257. The maximum atomic E-state index is 14.0. The minimum atomic E-state index is -1.07. The zero-order valence-electron chi connectivity index (χ0n) is 22.8. The number of para-hydroxylation sites is 1. The number of nitrogens with one attached hydrogen (secondary N) is 2. The number of fused-ring (bicyclic) bond motifs is 1. The lowest BCUT2D eigenvalue weighted by Gasteiger charge is -2.37. The Kier molecular flexibility index (Phi) is 7.88. The van der Waals surface area contributed by atoms with Crippen LogP contribution in [0.4, 0.5) is 0 Å². The van der Waals surface area contributed by atoms with Crippen molar-refractivity contribution in [1.82, 2.24) is 15.6 Å². The fourth-order valence-electron chi connectivity index (χ4n) is 5.97. The molecule has 0 saturated carbocycles. The van der Waals surface area contributed by atoms with E-state index in [0.29, 0.717) is 23.0 Å². The van der Waals surface area contributed by atoms with Crippen LogP contribution in [0.25, 0.3) is 10.9 Å². The lowest BCUT2D eigenvalue weighted by molar-refractivity contribution is -0.123. The van der Waals surface area contributed by atoms with Crippen molar-refractivity contribution in [2.45, 2.75) is 57.2 Å². The number of pyridine rings is 1. The minimum absolute atomic E-state index is 0.112. The van der Waals surface area contributed by atoms with Crippen LogP contribution in [0.1, 0.15) is 49.8 Å². The molecule has 4 atom stereocenters. The molecule has 2 heterocycles. The molecule has 0 bridgehead atoms. The zero-order chi connectivity index (χ0) is 28.5. The highest BCUT2D eigenvalue weighted by Crippen LogP contribution is 2.52. The summed E-state index contributed by atoms with van der Waals surface area (Å²) in [7, 11) is 0. The summed E-state index contributed by atoms with van der Waals surface area (Å²) in [6.45, 7) is 6.74. The fraction of sp³-hybridized carbons (Fsp3) is 0.303. The van der Waals surface area contributed by atoms with E-state index in [1.807, 2.05) is 66.7 Å². The smallest absolute Gasteiger partial charge is 0.238 e. The van der Waals surface area contributed by atoms with Gasteiger partial charge in [-0.25, -0.2) is 0 Å². The topological polar surface area (TPSA) is 77.8 Å². The van der Waals surface area contributed by atoms with Crippen LogP contribution in [0.5, 0.6) is 0 Å². The molecule has 0 aliphatic carbocycles. The summed E-state index contributed by atoms with van der Waals surface area (Å²) in [5.41, 5.74) is 2.18. The first-order valence-corrected chi connectivity index (χ1v) is 14.2.